The Hall–Kier alpha value is -2.86. The molecular weight excluding hydrogens is 402 g/mol. The minimum absolute atomic E-state index is 0.0632. The van der Waals surface area contributed by atoms with Gasteiger partial charge < -0.3 is 14.2 Å². The van der Waals surface area contributed by atoms with E-state index in [-0.39, 0.29) is 11.9 Å². The number of rotatable bonds is 8. The summed E-state index contributed by atoms with van der Waals surface area (Å²) in [6.07, 6.45) is 3.23. The van der Waals surface area contributed by atoms with Crippen molar-refractivity contribution in [2.75, 3.05) is 6.61 Å². The van der Waals surface area contributed by atoms with Crippen LogP contribution in [0, 0.1) is 0 Å². The van der Waals surface area contributed by atoms with E-state index in [4.69, 9.17) is 20.9 Å². The summed E-state index contributed by atoms with van der Waals surface area (Å²) >= 11 is 6.28. The average molecular weight is 426 g/mol. The second-order valence-corrected chi connectivity index (χ2v) is 7.76. The number of amides is 1. The van der Waals surface area contributed by atoms with E-state index < -0.39 is 0 Å². The van der Waals surface area contributed by atoms with Crippen molar-refractivity contribution in [2.45, 2.75) is 45.2 Å². The van der Waals surface area contributed by atoms with E-state index in [1.54, 1.807) is 4.90 Å². The van der Waals surface area contributed by atoms with Crippen LogP contribution in [0.4, 0.5) is 0 Å². The van der Waals surface area contributed by atoms with E-state index in [0.717, 1.165) is 29.7 Å². The molecule has 6 nitrogen and oxygen atoms in total. The maximum Gasteiger partial charge on any atom is 0.249 e. The molecule has 1 saturated heterocycles. The molecule has 0 spiro atoms. The molecule has 1 aliphatic heterocycles. The van der Waals surface area contributed by atoms with E-state index in [9.17, 15) is 4.79 Å². The van der Waals surface area contributed by atoms with Gasteiger partial charge in [-0.2, -0.15) is 4.98 Å². The standard InChI is InChI=1S/C23H24ClN3O3/c1-2-3-14-29-18-10-8-16(9-11-18)22-25-23(30-26-22)20-12-13-21(28)27(20)15-17-6-4-5-7-19(17)24/h4-11,20H,2-3,12-15H2,1H3. The highest BCUT2D eigenvalue weighted by Crippen LogP contribution is 2.35. The Bertz CT molecular complexity index is 1000. The van der Waals surface area contributed by atoms with Gasteiger partial charge in [-0.3, -0.25) is 4.79 Å². The van der Waals surface area contributed by atoms with Crippen LogP contribution in [-0.4, -0.2) is 27.6 Å². The molecule has 2 aromatic carbocycles. The van der Waals surface area contributed by atoms with Crippen LogP contribution < -0.4 is 4.74 Å². The van der Waals surface area contributed by atoms with Crippen LogP contribution >= 0.6 is 11.6 Å². The number of hydrogen-bond donors (Lipinski definition) is 0. The Morgan fingerprint density at radius 1 is 1.20 bits per heavy atom. The first-order valence-electron chi connectivity index (χ1n) is 10.3. The molecule has 1 aromatic heterocycles. The maximum atomic E-state index is 12.5. The number of halogens is 1. The van der Waals surface area contributed by atoms with Crippen LogP contribution in [0.2, 0.25) is 5.02 Å². The van der Waals surface area contributed by atoms with Crippen molar-refractivity contribution in [1.29, 1.82) is 0 Å². The quantitative estimate of drug-likeness (QED) is 0.450. The summed E-state index contributed by atoms with van der Waals surface area (Å²) in [4.78, 5) is 18.8. The van der Waals surface area contributed by atoms with Crippen LogP contribution in [0.25, 0.3) is 11.4 Å². The SMILES string of the molecule is CCCCOc1ccc(-c2noc(C3CCC(=O)N3Cc3ccccc3Cl)n2)cc1. The molecule has 156 valence electrons. The lowest BCUT2D eigenvalue weighted by atomic mass is 10.1. The molecule has 0 bridgehead atoms. The van der Waals surface area contributed by atoms with E-state index >= 15 is 0 Å². The Morgan fingerprint density at radius 2 is 2.00 bits per heavy atom. The average Bonchev–Trinajstić information content (AvgIpc) is 3.38. The molecule has 3 aromatic rings. The first kappa shape index (κ1) is 20.4. The molecule has 4 rings (SSSR count). The predicted molar refractivity (Wildman–Crippen MR) is 114 cm³/mol. The van der Waals surface area contributed by atoms with Crippen LogP contribution in [0.1, 0.15) is 50.1 Å². The van der Waals surface area contributed by atoms with Crippen LogP contribution in [-0.2, 0) is 11.3 Å². The smallest absolute Gasteiger partial charge is 0.249 e. The van der Waals surface area contributed by atoms with E-state index in [2.05, 4.69) is 17.1 Å². The first-order valence-corrected chi connectivity index (χ1v) is 10.6. The van der Waals surface area contributed by atoms with Gasteiger partial charge in [0.05, 0.1) is 6.61 Å². The lowest BCUT2D eigenvalue weighted by molar-refractivity contribution is -0.129. The van der Waals surface area contributed by atoms with Crippen molar-refractivity contribution in [3.05, 3.63) is 65.0 Å². The topological polar surface area (TPSA) is 68.5 Å². The summed E-state index contributed by atoms with van der Waals surface area (Å²) in [5.41, 5.74) is 1.74. The summed E-state index contributed by atoms with van der Waals surface area (Å²) in [5, 5.41) is 4.77. The molecule has 1 fully saturated rings. The van der Waals surface area contributed by atoms with Crippen molar-refractivity contribution >= 4 is 17.5 Å². The fourth-order valence-corrected chi connectivity index (χ4v) is 3.72. The summed E-state index contributed by atoms with van der Waals surface area (Å²) in [5.74, 6) is 1.84. The molecule has 0 saturated carbocycles. The van der Waals surface area contributed by atoms with Gasteiger partial charge in [0.2, 0.25) is 17.6 Å². The fourth-order valence-electron chi connectivity index (χ4n) is 3.52. The number of aromatic nitrogens is 2. The van der Waals surface area contributed by atoms with E-state index in [1.165, 1.54) is 0 Å². The van der Waals surface area contributed by atoms with Gasteiger partial charge in [-0.15, -0.1) is 0 Å². The molecule has 1 atom stereocenters. The molecule has 0 aliphatic carbocycles. The summed E-state index contributed by atoms with van der Waals surface area (Å²) in [7, 11) is 0. The second-order valence-electron chi connectivity index (χ2n) is 7.35. The Labute approximate surface area is 180 Å². The molecule has 1 amide bonds. The lowest BCUT2D eigenvalue weighted by Gasteiger charge is -2.22. The third kappa shape index (κ3) is 4.49. The summed E-state index contributed by atoms with van der Waals surface area (Å²) in [6.45, 7) is 3.26. The highest BCUT2D eigenvalue weighted by Gasteiger charge is 2.36. The number of benzene rings is 2. The molecule has 0 N–H and O–H groups in total. The van der Waals surface area contributed by atoms with Gasteiger partial charge in [0.1, 0.15) is 11.8 Å². The fraction of sp³-hybridized carbons (Fsp3) is 0.348. The van der Waals surface area contributed by atoms with Crippen LogP contribution in [0.3, 0.4) is 0 Å². The van der Waals surface area contributed by atoms with Gasteiger partial charge in [-0.05, 0) is 48.7 Å². The van der Waals surface area contributed by atoms with Gasteiger partial charge in [0.25, 0.3) is 0 Å². The van der Waals surface area contributed by atoms with Gasteiger partial charge in [-0.25, -0.2) is 0 Å². The largest absolute Gasteiger partial charge is 0.494 e. The van der Waals surface area contributed by atoms with Crippen molar-refractivity contribution in [1.82, 2.24) is 15.0 Å². The first-order chi connectivity index (χ1) is 14.7. The number of hydrogen-bond acceptors (Lipinski definition) is 5. The van der Waals surface area contributed by atoms with Crippen molar-refractivity contribution < 1.29 is 14.1 Å². The Balaban J connectivity index is 1.48. The van der Waals surface area contributed by atoms with Crippen LogP contribution in [0.5, 0.6) is 5.75 Å². The summed E-state index contributed by atoms with van der Waals surface area (Å²) < 4.78 is 11.2. The van der Waals surface area contributed by atoms with E-state index in [1.807, 2.05) is 48.5 Å². The zero-order valence-corrected chi connectivity index (χ0v) is 17.6. The summed E-state index contributed by atoms with van der Waals surface area (Å²) in [6, 6.07) is 14.9. The van der Waals surface area contributed by atoms with E-state index in [0.29, 0.717) is 42.7 Å². The van der Waals surface area contributed by atoms with Gasteiger partial charge in [0, 0.05) is 23.6 Å². The molecule has 30 heavy (non-hydrogen) atoms. The highest BCUT2D eigenvalue weighted by atomic mass is 35.5. The monoisotopic (exact) mass is 425 g/mol. The third-order valence-corrected chi connectivity index (χ3v) is 5.60. The number of ether oxygens (including phenoxy) is 1. The normalized spacial score (nSPS) is 16.3. The van der Waals surface area contributed by atoms with Crippen molar-refractivity contribution in [3.63, 3.8) is 0 Å². The number of nitrogens with zero attached hydrogens (tertiary/aromatic N) is 3. The predicted octanol–water partition coefficient (Wildman–Crippen LogP) is 5.43. The minimum atomic E-state index is -0.244. The zero-order chi connectivity index (χ0) is 20.9. The molecule has 1 aliphatic rings. The van der Waals surface area contributed by atoms with Crippen molar-refractivity contribution in [2.24, 2.45) is 0 Å². The molecule has 0 radical (unpaired) electrons. The van der Waals surface area contributed by atoms with Gasteiger partial charge in [-0.1, -0.05) is 48.3 Å². The maximum absolute atomic E-state index is 12.5. The highest BCUT2D eigenvalue weighted by molar-refractivity contribution is 6.31. The van der Waals surface area contributed by atoms with Crippen LogP contribution in [0.15, 0.2) is 53.1 Å². The second kappa shape index (κ2) is 9.30. The Kier molecular flexibility index (Phi) is 6.33. The molecule has 1 unspecified atom stereocenters. The number of unbranched alkanes of at least 4 members (excludes halogenated alkanes) is 1. The molecular formula is C23H24ClN3O3. The van der Waals surface area contributed by atoms with Gasteiger partial charge >= 0.3 is 0 Å². The lowest BCUT2D eigenvalue weighted by Crippen LogP contribution is -2.27. The number of carbonyl (C=O) groups is 1. The third-order valence-electron chi connectivity index (χ3n) is 5.23. The van der Waals surface area contributed by atoms with Gasteiger partial charge in [0.15, 0.2) is 0 Å². The number of likely N-dealkylation sites (tertiary alicyclic amines) is 1. The zero-order valence-electron chi connectivity index (χ0n) is 16.9. The Morgan fingerprint density at radius 3 is 2.77 bits per heavy atom. The number of carbonyl (C=O) groups excluding carboxylic acids is 1. The minimum Gasteiger partial charge on any atom is -0.494 e. The molecule has 7 heteroatoms. The molecule has 2 heterocycles. The van der Waals surface area contributed by atoms with Crippen molar-refractivity contribution in [3.8, 4) is 17.1 Å².